The number of unbranched alkanes of at least 4 members (excludes halogenated alkanes) is 15. The van der Waals surface area contributed by atoms with Crippen LogP contribution in [0, 0.1) is 0 Å². The summed E-state index contributed by atoms with van der Waals surface area (Å²) in [5.41, 5.74) is 0. The molecule has 0 spiro atoms. The lowest BCUT2D eigenvalue weighted by atomic mass is 10.1. The van der Waals surface area contributed by atoms with E-state index in [4.69, 9.17) is 18.9 Å². The van der Waals surface area contributed by atoms with Crippen LogP contribution >= 0.6 is 0 Å². The molecule has 0 bridgehead atoms. The summed E-state index contributed by atoms with van der Waals surface area (Å²) in [6.07, 6.45) is 28.9. The highest BCUT2D eigenvalue weighted by molar-refractivity contribution is 4.73. The van der Waals surface area contributed by atoms with Crippen LogP contribution < -0.4 is 0 Å². The second-order valence-electron chi connectivity index (χ2n) is 9.62. The van der Waals surface area contributed by atoms with Crippen molar-refractivity contribution >= 4 is 0 Å². The first-order chi connectivity index (χ1) is 16.8. The first kappa shape index (κ1) is 33.4. The number of hydrogen-bond acceptors (Lipinski definition) is 4. The molecule has 0 heterocycles. The molecule has 0 aromatic rings. The van der Waals surface area contributed by atoms with Gasteiger partial charge in [-0.3, -0.25) is 0 Å². The van der Waals surface area contributed by atoms with Crippen molar-refractivity contribution in [3.05, 3.63) is 12.3 Å². The van der Waals surface area contributed by atoms with E-state index >= 15 is 0 Å². The summed E-state index contributed by atoms with van der Waals surface area (Å²) in [6.45, 7) is 9.43. The van der Waals surface area contributed by atoms with Gasteiger partial charge in [-0.25, -0.2) is 0 Å². The van der Waals surface area contributed by atoms with Crippen molar-refractivity contribution in [2.45, 2.75) is 155 Å². The van der Waals surface area contributed by atoms with Crippen LogP contribution in [0.15, 0.2) is 12.3 Å². The molecule has 34 heavy (non-hydrogen) atoms. The van der Waals surface area contributed by atoms with Crippen LogP contribution in [-0.4, -0.2) is 32.9 Å². The highest BCUT2D eigenvalue weighted by atomic mass is 16.7. The van der Waals surface area contributed by atoms with E-state index in [1.54, 1.807) is 6.26 Å². The molecule has 0 aliphatic rings. The minimum absolute atomic E-state index is 0.0976. The van der Waals surface area contributed by atoms with Gasteiger partial charge in [-0.15, -0.1) is 0 Å². The molecule has 0 unspecified atom stereocenters. The van der Waals surface area contributed by atoms with Crippen molar-refractivity contribution in [3.63, 3.8) is 0 Å². The van der Waals surface area contributed by atoms with Gasteiger partial charge in [0, 0.05) is 19.6 Å². The lowest BCUT2D eigenvalue weighted by Gasteiger charge is -2.18. The molecule has 0 aliphatic heterocycles. The predicted octanol–water partition coefficient (Wildman–Crippen LogP) is 9.71. The zero-order chi connectivity index (χ0) is 24.8. The quantitative estimate of drug-likeness (QED) is 0.0601. The fourth-order valence-corrected chi connectivity index (χ4v) is 3.88. The third-order valence-electron chi connectivity index (χ3n) is 6.16. The maximum Gasteiger partial charge on any atom is 0.188 e. The van der Waals surface area contributed by atoms with Gasteiger partial charge in [-0.05, 0) is 31.8 Å². The fourth-order valence-electron chi connectivity index (χ4n) is 3.88. The average Bonchev–Trinajstić information content (AvgIpc) is 2.85. The topological polar surface area (TPSA) is 36.9 Å². The monoisotopic (exact) mass is 484 g/mol. The Morgan fingerprint density at radius 2 is 1.00 bits per heavy atom. The maximum absolute atomic E-state index is 6.11. The Morgan fingerprint density at radius 3 is 1.50 bits per heavy atom. The highest BCUT2D eigenvalue weighted by Gasteiger charge is 2.08. The highest BCUT2D eigenvalue weighted by Crippen LogP contribution is 2.13. The van der Waals surface area contributed by atoms with E-state index in [1.165, 1.54) is 89.9 Å². The van der Waals surface area contributed by atoms with Crippen LogP contribution in [0.2, 0.25) is 0 Å². The lowest BCUT2D eigenvalue weighted by molar-refractivity contribution is -0.146. The van der Waals surface area contributed by atoms with E-state index in [9.17, 15) is 0 Å². The minimum Gasteiger partial charge on any atom is -0.475 e. The van der Waals surface area contributed by atoms with E-state index in [2.05, 4.69) is 26.8 Å². The van der Waals surface area contributed by atoms with Gasteiger partial charge in [-0.2, -0.15) is 0 Å². The Bertz CT molecular complexity index is 364. The fraction of sp³-hybridized carbons (Fsp3) is 0.933. The Labute approximate surface area is 213 Å². The van der Waals surface area contributed by atoms with Gasteiger partial charge in [0.2, 0.25) is 0 Å². The zero-order valence-electron chi connectivity index (χ0n) is 23.3. The van der Waals surface area contributed by atoms with Crippen LogP contribution in [-0.2, 0) is 18.9 Å². The summed E-state index contributed by atoms with van der Waals surface area (Å²) in [5, 5.41) is 0. The lowest BCUT2D eigenvalue weighted by Crippen LogP contribution is -2.18. The Hall–Kier alpha value is -0.580. The molecule has 0 atom stereocenters. The number of rotatable bonds is 29. The zero-order valence-corrected chi connectivity index (χ0v) is 23.3. The van der Waals surface area contributed by atoms with Gasteiger partial charge < -0.3 is 18.9 Å². The van der Waals surface area contributed by atoms with E-state index in [0.717, 1.165) is 58.3 Å². The van der Waals surface area contributed by atoms with E-state index in [-0.39, 0.29) is 6.29 Å². The molecule has 0 amide bonds. The maximum atomic E-state index is 6.11. The molecule has 0 rings (SSSR count). The molecule has 0 saturated heterocycles. The number of allylic oxidation sites excluding steroid dienone is 1. The molecule has 0 radical (unpaired) electrons. The van der Waals surface area contributed by atoms with Gasteiger partial charge in [0.15, 0.2) is 13.1 Å². The molecule has 0 fully saturated rings. The minimum atomic E-state index is -0.0976. The first-order valence-electron chi connectivity index (χ1n) is 14.9. The standard InChI is InChI=1S/C30H60O4/c1-4-7-10-12-14-16-18-21-27-33-30(24-20-23-26-32-29-31-25-9-6-3)34-28-22-19-17-15-13-11-8-5-2/h23,26,30H,4-22,24-25,27-29H2,1-3H3. The summed E-state index contributed by atoms with van der Waals surface area (Å²) >= 11 is 0. The van der Waals surface area contributed by atoms with Gasteiger partial charge in [0.1, 0.15) is 0 Å². The summed E-state index contributed by atoms with van der Waals surface area (Å²) in [7, 11) is 0. The molecule has 4 nitrogen and oxygen atoms in total. The largest absolute Gasteiger partial charge is 0.475 e. The predicted molar refractivity (Wildman–Crippen MR) is 146 cm³/mol. The van der Waals surface area contributed by atoms with Gasteiger partial charge in [-0.1, -0.05) is 117 Å². The van der Waals surface area contributed by atoms with Gasteiger partial charge >= 0.3 is 0 Å². The molecule has 0 N–H and O–H groups in total. The third kappa shape index (κ3) is 27.7. The smallest absolute Gasteiger partial charge is 0.188 e. The normalized spacial score (nSPS) is 11.8. The molecule has 0 saturated carbocycles. The number of ether oxygens (including phenoxy) is 4. The molecule has 0 aliphatic carbocycles. The SMILES string of the molecule is CCCCCCCCCCOC(CCC=COCOCCCC)OCCCCCCCCCC. The van der Waals surface area contributed by atoms with Crippen LogP contribution in [0.25, 0.3) is 0 Å². The molecule has 0 aromatic carbocycles. The van der Waals surface area contributed by atoms with E-state index in [0.29, 0.717) is 6.79 Å². The van der Waals surface area contributed by atoms with Crippen LogP contribution in [0.1, 0.15) is 149 Å². The summed E-state index contributed by atoms with van der Waals surface area (Å²) < 4.78 is 23.0. The number of hydrogen-bond donors (Lipinski definition) is 0. The van der Waals surface area contributed by atoms with Crippen molar-refractivity contribution in [1.29, 1.82) is 0 Å². The Morgan fingerprint density at radius 1 is 0.529 bits per heavy atom. The first-order valence-corrected chi connectivity index (χ1v) is 14.9. The van der Waals surface area contributed by atoms with E-state index in [1.807, 2.05) is 0 Å². The summed E-state index contributed by atoms with van der Waals surface area (Å²) in [4.78, 5) is 0. The van der Waals surface area contributed by atoms with Crippen LogP contribution in [0.5, 0.6) is 0 Å². The van der Waals surface area contributed by atoms with Crippen molar-refractivity contribution < 1.29 is 18.9 Å². The van der Waals surface area contributed by atoms with Crippen molar-refractivity contribution in [2.24, 2.45) is 0 Å². The van der Waals surface area contributed by atoms with E-state index < -0.39 is 0 Å². The van der Waals surface area contributed by atoms with Crippen LogP contribution in [0.4, 0.5) is 0 Å². The molecule has 0 aromatic heterocycles. The Balaban J connectivity index is 3.93. The summed E-state index contributed by atoms with van der Waals surface area (Å²) in [5.74, 6) is 0. The second-order valence-corrected chi connectivity index (χ2v) is 9.62. The van der Waals surface area contributed by atoms with Crippen molar-refractivity contribution in [3.8, 4) is 0 Å². The molecule has 4 heteroatoms. The van der Waals surface area contributed by atoms with Crippen LogP contribution in [0.3, 0.4) is 0 Å². The van der Waals surface area contributed by atoms with Crippen molar-refractivity contribution in [1.82, 2.24) is 0 Å². The Kier molecular flexibility index (Phi) is 29.9. The van der Waals surface area contributed by atoms with Gasteiger partial charge in [0.05, 0.1) is 12.9 Å². The third-order valence-corrected chi connectivity index (χ3v) is 6.16. The van der Waals surface area contributed by atoms with Crippen molar-refractivity contribution in [2.75, 3.05) is 26.6 Å². The molecular weight excluding hydrogens is 424 g/mol. The average molecular weight is 485 g/mol. The summed E-state index contributed by atoms with van der Waals surface area (Å²) in [6, 6.07) is 0. The molecular formula is C30H60O4. The molecule has 204 valence electrons. The second kappa shape index (κ2) is 30.5. The van der Waals surface area contributed by atoms with Gasteiger partial charge in [0.25, 0.3) is 0 Å².